The van der Waals surface area contributed by atoms with E-state index in [1.54, 1.807) is 0 Å². The standard InChI is InChI=1S/C17H29NO2/c1-6-9-18-11-14(19)12-20-16-8-7-13(2)10-15(16)17(3,4)5/h7-8,10,14,18-19H,6,9,11-12H2,1-5H3. The molecule has 1 aromatic rings. The average molecular weight is 279 g/mol. The van der Waals surface area contributed by atoms with Crippen LogP contribution in [0.25, 0.3) is 0 Å². The highest BCUT2D eigenvalue weighted by Gasteiger charge is 2.19. The van der Waals surface area contributed by atoms with Crippen LogP contribution in [0.4, 0.5) is 0 Å². The van der Waals surface area contributed by atoms with Crippen molar-refractivity contribution in [2.45, 2.75) is 52.6 Å². The third kappa shape index (κ3) is 5.51. The van der Waals surface area contributed by atoms with Gasteiger partial charge in [0.2, 0.25) is 0 Å². The van der Waals surface area contributed by atoms with Gasteiger partial charge in [-0.3, -0.25) is 0 Å². The van der Waals surface area contributed by atoms with Crippen LogP contribution in [0.2, 0.25) is 0 Å². The van der Waals surface area contributed by atoms with Crippen LogP contribution >= 0.6 is 0 Å². The molecule has 2 N–H and O–H groups in total. The van der Waals surface area contributed by atoms with Gasteiger partial charge in [-0.1, -0.05) is 45.4 Å². The first-order valence-electron chi connectivity index (χ1n) is 7.47. The Labute approximate surface area is 123 Å². The Morgan fingerprint density at radius 1 is 1.30 bits per heavy atom. The minimum absolute atomic E-state index is 0.0345. The molecule has 0 heterocycles. The SMILES string of the molecule is CCCNCC(O)COc1ccc(C)cc1C(C)(C)C. The van der Waals surface area contributed by atoms with E-state index in [2.05, 4.69) is 46.0 Å². The number of benzene rings is 1. The predicted molar refractivity (Wildman–Crippen MR) is 84.5 cm³/mol. The van der Waals surface area contributed by atoms with Crippen LogP contribution < -0.4 is 10.1 Å². The van der Waals surface area contributed by atoms with E-state index >= 15 is 0 Å². The summed E-state index contributed by atoms with van der Waals surface area (Å²) in [6, 6.07) is 6.21. The second kappa shape index (κ2) is 7.65. The second-order valence-electron chi connectivity index (χ2n) is 6.42. The van der Waals surface area contributed by atoms with Gasteiger partial charge in [0, 0.05) is 6.54 Å². The summed E-state index contributed by atoms with van der Waals surface area (Å²) in [5.41, 5.74) is 2.45. The molecule has 0 saturated heterocycles. The Morgan fingerprint density at radius 2 is 2.00 bits per heavy atom. The molecule has 1 aromatic carbocycles. The number of aliphatic hydroxyl groups is 1. The molecular weight excluding hydrogens is 250 g/mol. The zero-order chi connectivity index (χ0) is 15.2. The minimum atomic E-state index is -0.476. The van der Waals surface area contributed by atoms with E-state index in [1.165, 1.54) is 11.1 Å². The fourth-order valence-electron chi connectivity index (χ4n) is 2.05. The van der Waals surface area contributed by atoms with Crippen molar-refractivity contribution in [3.63, 3.8) is 0 Å². The van der Waals surface area contributed by atoms with Crippen molar-refractivity contribution in [2.75, 3.05) is 19.7 Å². The van der Waals surface area contributed by atoms with Crippen LogP contribution in [0, 0.1) is 6.92 Å². The molecule has 0 amide bonds. The zero-order valence-corrected chi connectivity index (χ0v) is 13.5. The lowest BCUT2D eigenvalue weighted by molar-refractivity contribution is 0.105. The first kappa shape index (κ1) is 17.0. The smallest absolute Gasteiger partial charge is 0.123 e. The van der Waals surface area contributed by atoms with Gasteiger partial charge in [0.15, 0.2) is 0 Å². The van der Waals surface area contributed by atoms with Gasteiger partial charge in [0.1, 0.15) is 18.5 Å². The molecule has 1 rings (SSSR count). The number of hydrogen-bond acceptors (Lipinski definition) is 3. The highest BCUT2D eigenvalue weighted by Crippen LogP contribution is 2.32. The third-order valence-electron chi connectivity index (χ3n) is 3.18. The molecule has 1 unspecified atom stereocenters. The van der Waals surface area contributed by atoms with Crippen LogP contribution in [-0.4, -0.2) is 30.9 Å². The molecule has 0 aliphatic rings. The summed E-state index contributed by atoms with van der Waals surface area (Å²) in [4.78, 5) is 0. The van der Waals surface area contributed by atoms with Gasteiger partial charge in [-0.15, -0.1) is 0 Å². The van der Waals surface area contributed by atoms with E-state index in [0.717, 1.165) is 18.7 Å². The molecule has 1 atom stereocenters. The van der Waals surface area contributed by atoms with Crippen LogP contribution in [0.5, 0.6) is 5.75 Å². The van der Waals surface area contributed by atoms with E-state index < -0.39 is 6.10 Å². The number of aliphatic hydroxyl groups excluding tert-OH is 1. The maximum absolute atomic E-state index is 9.90. The van der Waals surface area contributed by atoms with Gasteiger partial charge >= 0.3 is 0 Å². The van der Waals surface area contributed by atoms with Gasteiger partial charge in [0.05, 0.1) is 0 Å². The molecule has 0 aliphatic heterocycles. The molecule has 0 aromatic heterocycles. The molecule has 114 valence electrons. The predicted octanol–water partition coefficient (Wildman–Crippen LogP) is 3.03. The van der Waals surface area contributed by atoms with Crippen LogP contribution in [0.1, 0.15) is 45.2 Å². The van der Waals surface area contributed by atoms with E-state index in [0.29, 0.717) is 13.2 Å². The Bertz CT molecular complexity index is 410. The van der Waals surface area contributed by atoms with Crippen molar-refractivity contribution >= 4 is 0 Å². The second-order valence-corrected chi connectivity index (χ2v) is 6.42. The maximum Gasteiger partial charge on any atom is 0.123 e. The first-order valence-corrected chi connectivity index (χ1v) is 7.47. The Morgan fingerprint density at radius 3 is 2.60 bits per heavy atom. The topological polar surface area (TPSA) is 41.5 Å². The molecule has 3 heteroatoms. The number of hydrogen-bond donors (Lipinski definition) is 2. The minimum Gasteiger partial charge on any atom is -0.491 e. The van der Waals surface area contributed by atoms with Crippen molar-refractivity contribution in [1.82, 2.24) is 5.32 Å². The summed E-state index contributed by atoms with van der Waals surface area (Å²) in [6.45, 7) is 12.5. The van der Waals surface area contributed by atoms with Crippen LogP contribution in [0.3, 0.4) is 0 Å². The summed E-state index contributed by atoms with van der Waals surface area (Å²) < 4.78 is 5.82. The molecule has 0 aliphatic carbocycles. The molecule has 20 heavy (non-hydrogen) atoms. The first-order chi connectivity index (χ1) is 9.34. The zero-order valence-electron chi connectivity index (χ0n) is 13.5. The summed E-state index contributed by atoms with van der Waals surface area (Å²) in [5.74, 6) is 0.873. The van der Waals surface area contributed by atoms with Gasteiger partial charge in [-0.2, -0.15) is 0 Å². The molecule has 3 nitrogen and oxygen atoms in total. The Hall–Kier alpha value is -1.06. The molecule has 0 bridgehead atoms. The largest absolute Gasteiger partial charge is 0.491 e. The quantitative estimate of drug-likeness (QED) is 0.754. The van der Waals surface area contributed by atoms with Crippen LogP contribution in [-0.2, 0) is 5.41 Å². The number of aryl methyl sites for hydroxylation is 1. The summed E-state index contributed by atoms with van der Waals surface area (Å²) in [5, 5.41) is 13.1. The lowest BCUT2D eigenvalue weighted by Crippen LogP contribution is -2.32. The van der Waals surface area contributed by atoms with E-state index in [9.17, 15) is 5.11 Å². The van der Waals surface area contributed by atoms with Crippen molar-refractivity contribution in [2.24, 2.45) is 0 Å². The highest BCUT2D eigenvalue weighted by atomic mass is 16.5. The lowest BCUT2D eigenvalue weighted by Gasteiger charge is -2.24. The van der Waals surface area contributed by atoms with Gasteiger partial charge in [-0.25, -0.2) is 0 Å². The fourth-order valence-corrected chi connectivity index (χ4v) is 2.05. The van der Waals surface area contributed by atoms with Crippen molar-refractivity contribution in [3.8, 4) is 5.75 Å². The summed E-state index contributed by atoms with van der Waals surface area (Å²) in [7, 11) is 0. The summed E-state index contributed by atoms with van der Waals surface area (Å²) in [6.07, 6.45) is 0.593. The maximum atomic E-state index is 9.90. The number of rotatable bonds is 7. The fraction of sp³-hybridized carbons (Fsp3) is 0.647. The third-order valence-corrected chi connectivity index (χ3v) is 3.18. The average Bonchev–Trinajstić information content (AvgIpc) is 2.36. The highest BCUT2D eigenvalue weighted by molar-refractivity contribution is 5.41. The van der Waals surface area contributed by atoms with Crippen molar-refractivity contribution in [1.29, 1.82) is 0 Å². The van der Waals surface area contributed by atoms with Gasteiger partial charge in [-0.05, 0) is 36.9 Å². The van der Waals surface area contributed by atoms with Crippen LogP contribution in [0.15, 0.2) is 18.2 Å². The van der Waals surface area contributed by atoms with Crippen molar-refractivity contribution < 1.29 is 9.84 Å². The van der Waals surface area contributed by atoms with Crippen molar-refractivity contribution in [3.05, 3.63) is 29.3 Å². The lowest BCUT2D eigenvalue weighted by atomic mass is 9.85. The normalized spacial score (nSPS) is 13.3. The van der Waals surface area contributed by atoms with Gasteiger partial charge < -0.3 is 15.2 Å². The van der Waals surface area contributed by atoms with E-state index in [4.69, 9.17) is 4.74 Å². The molecule has 0 saturated carbocycles. The molecule has 0 radical (unpaired) electrons. The molecular formula is C17H29NO2. The van der Waals surface area contributed by atoms with E-state index in [-0.39, 0.29) is 5.41 Å². The summed E-state index contributed by atoms with van der Waals surface area (Å²) >= 11 is 0. The number of ether oxygens (including phenoxy) is 1. The number of nitrogens with one attached hydrogen (secondary N) is 1. The molecule has 0 spiro atoms. The Balaban J connectivity index is 2.64. The molecule has 0 fully saturated rings. The Kier molecular flexibility index (Phi) is 6.50. The van der Waals surface area contributed by atoms with E-state index in [1.807, 2.05) is 12.1 Å². The van der Waals surface area contributed by atoms with Gasteiger partial charge in [0.25, 0.3) is 0 Å². The monoisotopic (exact) mass is 279 g/mol.